The minimum absolute atomic E-state index is 0.0917. The number of nitrogens with zero attached hydrogens (tertiary/aromatic N) is 3. The van der Waals surface area contributed by atoms with Crippen molar-refractivity contribution in [1.29, 1.82) is 0 Å². The van der Waals surface area contributed by atoms with Crippen molar-refractivity contribution in [3.63, 3.8) is 0 Å². The zero-order chi connectivity index (χ0) is 20.3. The largest absolute Gasteiger partial charge is 0.496 e. The van der Waals surface area contributed by atoms with Crippen LogP contribution in [0.3, 0.4) is 0 Å². The van der Waals surface area contributed by atoms with Gasteiger partial charge in [-0.15, -0.1) is 0 Å². The van der Waals surface area contributed by atoms with Gasteiger partial charge < -0.3 is 10.1 Å². The van der Waals surface area contributed by atoms with Gasteiger partial charge >= 0.3 is 0 Å². The molecule has 1 N–H and O–H groups in total. The van der Waals surface area contributed by atoms with Gasteiger partial charge in [0.2, 0.25) is 5.91 Å². The Morgan fingerprint density at radius 2 is 2.17 bits per heavy atom. The fourth-order valence-electron chi connectivity index (χ4n) is 4.89. The molecule has 1 aromatic carbocycles. The summed E-state index contributed by atoms with van der Waals surface area (Å²) in [6.07, 6.45) is 7.19. The van der Waals surface area contributed by atoms with Crippen LogP contribution in [0.15, 0.2) is 30.5 Å². The lowest BCUT2D eigenvalue weighted by atomic mass is 9.77. The molecule has 1 unspecified atom stereocenters. The van der Waals surface area contributed by atoms with E-state index in [1.807, 2.05) is 37.4 Å². The van der Waals surface area contributed by atoms with Crippen LogP contribution in [0.1, 0.15) is 41.9 Å². The molecule has 2 aliphatic rings. The number of piperidine rings is 1. The fourth-order valence-corrected chi connectivity index (χ4v) is 4.89. The summed E-state index contributed by atoms with van der Waals surface area (Å²) in [5.41, 5.74) is 3.73. The number of rotatable bonds is 6. The van der Waals surface area contributed by atoms with Crippen molar-refractivity contribution < 1.29 is 9.53 Å². The maximum absolute atomic E-state index is 12.5. The minimum Gasteiger partial charge on any atom is -0.496 e. The summed E-state index contributed by atoms with van der Waals surface area (Å²) in [4.78, 5) is 24.0. The number of carbonyl (C=O) groups is 1. The third-order valence-electron chi connectivity index (χ3n) is 6.29. The smallest absolute Gasteiger partial charge is 0.234 e. The third kappa shape index (κ3) is 4.27. The van der Waals surface area contributed by atoms with Gasteiger partial charge in [-0.3, -0.25) is 9.69 Å². The molecule has 4 rings (SSSR count). The van der Waals surface area contributed by atoms with Crippen molar-refractivity contribution in [3.8, 4) is 5.75 Å². The molecule has 2 heterocycles. The van der Waals surface area contributed by atoms with E-state index in [2.05, 4.69) is 15.2 Å². The van der Waals surface area contributed by atoms with Crippen LogP contribution in [0, 0.1) is 6.92 Å². The van der Waals surface area contributed by atoms with Gasteiger partial charge in [0.15, 0.2) is 0 Å². The van der Waals surface area contributed by atoms with Gasteiger partial charge in [0.25, 0.3) is 0 Å². The molecule has 1 aromatic heterocycles. The van der Waals surface area contributed by atoms with Crippen LogP contribution in [0.25, 0.3) is 0 Å². The summed E-state index contributed by atoms with van der Waals surface area (Å²) >= 11 is 0. The van der Waals surface area contributed by atoms with E-state index < -0.39 is 0 Å². The molecule has 29 heavy (non-hydrogen) atoms. The lowest BCUT2D eigenvalue weighted by Gasteiger charge is -2.40. The normalized spacial score (nSPS) is 21.2. The molecule has 1 aliphatic heterocycles. The molecular weight excluding hydrogens is 364 g/mol. The van der Waals surface area contributed by atoms with E-state index in [-0.39, 0.29) is 11.3 Å². The van der Waals surface area contributed by atoms with Crippen molar-refractivity contribution in [2.45, 2.75) is 44.4 Å². The summed E-state index contributed by atoms with van der Waals surface area (Å²) < 4.78 is 5.38. The topological polar surface area (TPSA) is 67.3 Å². The number of methoxy groups -OCH3 is 1. The molecule has 1 amide bonds. The second-order valence-corrected chi connectivity index (χ2v) is 8.30. The summed E-state index contributed by atoms with van der Waals surface area (Å²) in [6.45, 7) is 4.92. The molecule has 6 heteroatoms. The van der Waals surface area contributed by atoms with Gasteiger partial charge in [-0.25, -0.2) is 9.97 Å². The highest BCUT2D eigenvalue weighted by Gasteiger charge is 2.43. The van der Waals surface area contributed by atoms with Gasteiger partial charge in [0.1, 0.15) is 11.6 Å². The van der Waals surface area contributed by atoms with Gasteiger partial charge in [-0.05, 0) is 62.8 Å². The predicted molar refractivity (Wildman–Crippen MR) is 112 cm³/mol. The molecule has 0 radical (unpaired) electrons. The van der Waals surface area contributed by atoms with Crippen LogP contribution in [-0.4, -0.2) is 54.1 Å². The maximum Gasteiger partial charge on any atom is 0.234 e. The number of benzene rings is 1. The molecule has 1 spiro atoms. The second-order valence-electron chi connectivity index (χ2n) is 8.30. The van der Waals surface area contributed by atoms with Gasteiger partial charge in [0, 0.05) is 24.7 Å². The predicted octanol–water partition coefficient (Wildman–Crippen LogP) is 2.43. The number of ether oxygens (including phenoxy) is 1. The lowest BCUT2D eigenvalue weighted by Crippen LogP contribution is -2.49. The van der Waals surface area contributed by atoms with E-state index in [4.69, 9.17) is 9.72 Å². The average Bonchev–Trinajstić information content (AvgIpc) is 3.05. The number of fused-ring (bicyclic) bond motifs is 2. The van der Waals surface area contributed by atoms with Crippen LogP contribution < -0.4 is 10.1 Å². The lowest BCUT2D eigenvalue weighted by molar-refractivity contribution is -0.122. The zero-order valence-electron chi connectivity index (χ0n) is 17.4. The van der Waals surface area contributed by atoms with Crippen LogP contribution in [0.4, 0.5) is 0 Å². The Labute approximate surface area is 172 Å². The molecule has 6 nitrogen and oxygen atoms in total. The number of nitrogens with one attached hydrogen (secondary N) is 1. The zero-order valence-corrected chi connectivity index (χ0v) is 17.4. The maximum atomic E-state index is 12.5. The number of hydrogen-bond donors (Lipinski definition) is 1. The van der Waals surface area contributed by atoms with Gasteiger partial charge in [-0.1, -0.05) is 18.2 Å². The first kappa shape index (κ1) is 19.8. The molecule has 1 aliphatic carbocycles. The van der Waals surface area contributed by atoms with Crippen molar-refractivity contribution >= 4 is 5.91 Å². The molecule has 1 saturated heterocycles. The van der Waals surface area contributed by atoms with E-state index in [1.165, 1.54) is 11.3 Å². The van der Waals surface area contributed by atoms with Gasteiger partial charge in [-0.2, -0.15) is 0 Å². The van der Waals surface area contributed by atoms with E-state index in [0.29, 0.717) is 13.1 Å². The number of hydrogen-bond acceptors (Lipinski definition) is 5. The average molecular weight is 395 g/mol. The summed E-state index contributed by atoms with van der Waals surface area (Å²) in [5, 5.41) is 3.08. The Bertz CT molecular complexity index is 881. The molecule has 1 atom stereocenters. The van der Waals surface area contributed by atoms with Crippen molar-refractivity contribution in [3.05, 3.63) is 53.1 Å². The Morgan fingerprint density at radius 3 is 3.03 bits per heavy atom. The van der Waals surface area contributed by atoms with E-state index in [1.54, 1.807) is 7.11 Å². The van der Waals surface area contributed by atoms with Crippen LogP contribution in [0.5, 0.6) is 5.75 Å². The molecule has 1 fully saturated rings. The number of likely N-dealkylation sites (tertiary alicyclic amines) is 1. The molecule has 2 aromatic rings. The second kappa shape index (κ2) is 8.49. The van der Waals surface area contributed by atoms with Crippen LogP contribution >= 0.6 is 0 Å². The first-order chi connectivity index (χ1) is 14.1. The van der Waals surface area contributed by atoms with Crippen molar-refractivity contribution in [2.75, 3.05) is 33.3 Å². The standard InChI is InChI=1S/C23H30N4O2/c1-17-25-14-19-8-11-23(22(19)26-17)10-5-13-27(16-23)15-21(28)24-12-9-18-6-3-4-7-20(18)29-2/h3-4,6-7,14H,5,8-13,15-16H2,1-2H3,(H,24,28). The molecular formula is C23H30N4O2. The number of amides is 1. The molecule has 0 bridgehead atoms. The molecule has 0 saturated carbocycles. The third-order valence-corrected chi connectivity index (χ3v) is 6.29. The Kier molecular flexibility index (Phi) is 5.81. The van der Waals surface area contributed by atoms with Crippen LogP contribution in [-0.2, 0) is 23.1 Å². The summed E-state index contributed by atoms with van der Waals surface area (Å²) in [5.74, 6) is 1.81. The first-order valence-electron chi connectivity index (χ1n) is 10.5. The monoisotopic (exact) mass is 394 g/mol. The summed E-state index contributed by atoms with van der Waals surface area (Å²) in [7, 11) is 1.68. The Morgan fingerprint density at radius 1 is 1.31 bits per heavy atom. The van der Waals surface area contributed by atoms with E-state index in [0.717, 1.165) is 62.3 Å². The highest BCUT2D eigenvalue weighted by atomic mass is 16.5. The first-order valence-corrected chi connectivity index (χ1v) is 10.5. The highest BCUT2D eigenvalue weighted by molar-refractivity contribution is 5.78. The SMILES string of the molecule is COc1ccccc1CCNC(=O)CN1CCCC2(CCc3cnc(C)nc32)C1. The number of aromatic nitrogens is 2. The van der Waals surface area contributed by atoms with Crippen molar-refractivity contribution in [1.82, 2.24) is 20.2 Å². The Hall–Kier alpha value is -2.47. The van der Waals surface area contributed by atoms with E-state index >= 15 is 0 Å². The fraction of sp³-hybridized carbons (Fsp3) is 0.522. The van der Waals surface area contributed by atoms with Crippen molar-refractivity contribution in [2.24, 2.45) is 0 Å². The quantitative estimate of drug-likeness (QED) is 0.815. The molecule has 154 valence electrons. The van der Waals surface area contributed by atoms with Crippen LogP contribution in [0.2, 0.25) is 0 Å². The van der Waals surface area contributed by atoms with E-state index in [9.17, 15) is 4.79 Å². The van der Waals surface area contributed by atoms with Gasteiger partial charge in [0.05, 0.1) is 19.3 Å². The minimum atomic E-state index is 0.0917. The number of carbonyl (C=O) groups excluding carboxylic acids is 1. The highest BCUT2D eigenvalue weighted by Crippen LogP contribution is 2.43. The summed E-state index contributed by atoms with van der Waals surface area (Å²) in [6, 6.07) is 7.95. The Balaban J connectivity index is 1.32. The number of aryl methyl sites for hydroxylation is 2. The number of para-hydroxylation sites is 1.